The number of imidazole rings is 1. The first-order valence-electron chi connectivity index (χ1n) is 5.22. The molecule has 1 aromatic carbocycles. The van der Waals surface area contributed by atoms with Gasteiger partial charge in [-0.2, -0.15) is 0 Å². The maximum atomic E-state index is 11.5. The van der Waals surface area contributed by atoms with Crippen LogP contribution < -0.4 is 5.32 Å². The monoisotopic (exact) mass is 246 g/mol. The predicted molar refractivity (Wildman–Crippen MR) is 67.0 cm³/mol. The number of amidine groups is 1. The number of para-hydroxylation sites is 2. The zero-order valence-corrected chi connectivity index (χ0v) is 9.67. The molecule has 2 aromatic rings. The van der Waals surface area contributed by atoms with Gasteiger partial charge in [-0.3, -0.25) is 10.2 Å². The Bertz CT molecular complexity index is 573. The Morgan fingerprint density at radius 1 is 1.41 bits per heavy atom. The van der Waals surface area contributed by atoms with Crippen LogP contribution in [0.3, 0.4) is 0 Å². The number of carbonyl (C=O) groups is 1. The molecule has 3 N–H and O–H groups in total. The van der Waals surface area contributed by atoms with E-state index in [1.807, 2.05) is 24.3 Å². The third kappa shape index (κ3) is 1.91. The van der Waals surface area contributed by atoms with Crippen LogP contribution in [0.15, 0.2) is 24.3 Å². The molecule has 1 aliphatic rings. The van der Waals surface area contributed by atoms with E-state index < -0.39 is 0 Å². The lowest BCUT2D eigenvalue weighted by Gasteiger charge is -2.00. The van der Waals surface area contributed by atoms with Gasteiger partial charge in [0.15, 0.2) is 5.17 Å². The molecule has 1 aliphatic heterocycles. The van der Waals surface area contributed by atoms with Crippen LogP contribution in [-0.2, 0) is 11.2 Å². The van der Waals surface area contributed by atoms with Gasteiger partial charge in [-0.25, -0.2) is 4.98 Å². The summed E-state index contributed by atoms with van der Waals surface area (Å²) >= 11 is 1.24. The second kappa shape index (κ2) is 3.89. The third-order valence-corrected chi connectivity index (χ3v) is 3.61. The first-order valence-corrected chi connectivity index (χ1v) is 6.10. The highest BCUT2D eigenvalue weighted by atomic mass is 32.2. The molecule has 17 heavy (non-hydrogen) atoms. The molecule has 1 fully saturated rings. The lowest BCUT2D eigenvalue weighted by atomic mass is 10.3. The minimum atomic E-state index is -0.247. The number of hydrogen-bond donors (Lipinski definition) is 3. The first-order chi connectivity index (χ1) is 8.22. The maximum absolute atomic E-state index is 11.5. The molecule has 1 atom stereocenters. The molecule has 6 heteroatoms. The summed E-state index contributed by atoms with van der Waals surface area (Å²) in [4.78, 5) is 19.1. The van der Waals surface area contributed by atoms with E-state index in [2.05, 4.69) is 15.3 Å². The van der Waals surface area contributed by atoms with Gasteiger partial charge in [0.1, 0.15) is 5.82 Å². The number of rotatable bonds is 2. The van der Waals surface area contributed by atoms with Crippen molar-refractivity contribution in [1.29, 1.82) is 5.41 Å². The number of amides is 1. The first kappa shape index (κ1) is 10.3. The minimum absolute atomic E-state index is 0.111. The van der Waals surface area contributed by atoms with Crippen molar-refractivity contribution in [3.63, 3.8) is 0 Å². The standard InChI is InChI=1S/C11H10N4OS/c12-11-15-10(16)8(17-11)5-9-13-6-3-1-2-4-7(6)14-9/h1-4,8H,5H2,(H,13,14)(H2,12,15,16). The molecule has 0 bridgehead atoms. The van der Waals surface area contributed by atoms with E-state index in [9.17, 15) is 4.79 Å². The number of aromatic amines is 1. The zero-order chi connectivity index (χ0) is 11.8. The summed E-state index contributed by atoms with van der Waals surface area (Å²) in [6.07, 6.45) is 0.521. The van der Waals surface area contributed by atoms with Crippen LogP contribution in [0, 0.1) is 5.41 Å². The van der Waals surface area contributed by atoms with Gasteiger partial charge in [0.05, 0.1) is 16.3 Å². The molecule has 2 heterocycles. The van der Waals surface area contributed by atoms with Gasteiger partial charge >= 0.3 is 0 Å². The van der Waals surface area contributed by atoms with Gasteiger partial charge < -0.3 is 10.3 Å². The van der Waals surface area contributed by atoms with Crippen LogP contribution in [0.2, 0.25) is 0 Å². The van der Waals surface area contributed by atoms with Gasteiger partial charge in [-0.15, -0.1) is 0 Å². The maximum Gasteiger partial charge on any atom is 0.239 e. The highest BCUT2D eigenvalue weighted by Crippen LogP contribution is 2.22. The Hall–Kier alpha value is -1.82. The molecule has 0 radical (unpaired) electrons. The molecule has 3 rings (SSSR count). The Morgan fingerprint density at radius 3 is 2.94 bits per heavy atom. The summed E-state index contributed by atoms with van der Waals surface area (Å²) in [6.45, 7) is 0. The van der Waals surface area contributed by atoms with E-state index in [-0.39, 0.29) is 16.3 Å². The van der Waals surface area contributed by atoms with Crippen molar-refractivity contribution in [2.24, 2.45) is 0 Å². The smallest absolute Gasteiger partial charge is 0.239 e. The van der Waals surface area contributed by atoms with Crippen molar-refractivity contribution >= 4 is 33.9 Å². The molecule has 86 valence electrons. The number of carbonyl (C=O) groups excluding carboxylic acids is 1. The van der Waals surface area contributed by atoms with Crippen LogP contribution in [-0.4, -0.2) is 26.3 Å². The molecule has 1 amide bonds. The van der Waals surface area contributed by atoms with Gasteiger partial charge in [-0.1, -0.05) is 23.9 Å². The Balaban J connectivity index is 1.85. The number of nitrogens with zero attached hydrogens (tertiary/aromatic N) is 1. The molecule has 0 saturated carbocycles. The van der Waals surface area contributed by atoms with Crippen LogP contribution in [0.5, 0.6) is 0 Å². The molecular formula is C11H10N4OS. The average molecular weight is 246 g/mol. The topological polar surface area (TPSA) is 81.6 Å². The molecule has 0 spiro atoms. The minimum Gasteiger partial charge on any atom is -0.342 e. The highest BCUT2D eigenvalue weighted by molar-refractivity contribution is 8.15. The number of aromatic nitrogens is 2. The number of hydrogen-bond acceptors (Lipinski definition) is 4. The van der Waals surface area contributed by atoms with Crippen molar-refractivity contribution in [3.05, 3.63) is 30.1 Å². The molecule has 1 saturated heterocycles. The number of fused-ring (bicyclic) bond motifs is 1. The summed E-state index contributed by atoms with van der Waals surface area (Å²) in [7, 11) is 0. The molecule has 5 nitrogen and oxygen atoms in total. The molecule has 0 aliphatic carbocycles. The van der Waals surface area contributed by atoms with E-state index in [0.29, 0.717) is 6.42 Å². The highest BCUT2D eigenvalue weighted by Gasteiger charge is 2.30. The van der Waals surface area contributed by atoms with Gasteiger partial charge in [-0.05, 0) is 12.1 Å². The van der Waals surface area contributed by atoms with E-state index in [1.54, 1.807) is 0 Å². The fraction of sp³-hybridized carbons (Fsp3) is 0.182. The van der Waals surface area contributed by atoms with Gasteiger partial charge in [0.2, 0.25) is 5.91 Å². The van der Waals surface area contributed by atoms with Crippen molar-refractivity contribution in [1.82, 2.24) is 15.3 Å². The summed E-state index contributed by atoms with van der Waals surface area (Å²) in [6, 6.07) is 7.76. The van der Waals surface area contributed by atoms with Gasteiger partial charge in [0.25, 0.3) is 0 Å². The van der Waals surface area contributed by atoms with Gasteiger partial charge in [0, 0.05) is 6.42 Å². The second-order valence-corrected chi connectivity index (χ2v) is 5.04. The van der Waals surface area contributed by atoms with E-state index >= 15 is 0 Å². The van der Waals surface area contributed by atoms with E-state index in [0.717, 1.165) is 16.9 Å². The van der Waals surface area contributed by atoms with Crippen LogP contribution >= 0.6 is 11.8 Å². The Labute approximate surface area is 102 Å². The summed E-state index contributed by atoms with van der Waals surface area (Å²) in [5.74, 6) is 0.675. The molecular weight excluding hydrogens is 236 g/mol. The third-order valence-electron chi connectivity index (χ3n) is 2.61. The lowest BCUT2D eigenvalue weighted by Crippen LogP contribution is -2.25. The van der Waals surface area contributed by atoms with Crippen LogP contribution in [0.1, 0.15) is 5.82 Å². The summed E-state index contributed by atoms with van der Waals surface area (Å²) in [5.41, 5.74) is 1.88. The fourth-order valence-corrected chi connectivity index (χ4v) is 2.68. The zero-order valence-electron chi connectivity index (χ0n) is 8.86. The second-order valence-electron chi connectivity index (χ2n) is 3.83. The SMILES string of the molecule is N=C1NC(=O)C(Cc2nc3ccccc3[nH]2)S1. The van der Waals surface area contributed by atoms with E-state index in [4.69, 9.17) is 5.41 Å². The Kier molecular flexibility index (Phi) is 2.36. The average Bonchev–Trinajstić information content (AvgIpc) is 2.82. The summed E-state index contributed by atoms with van der Waals surface area (Å²) in [5, 5.41) is 9.84. The summed E-state index contributed by atoms with van der Waals surface area (Å²) < 4.78 is 0. The largest absolute Gasteiger partial charge is 0.342 e. The van der Waals surface area contributed by atoms with Crippen LogP contribution in [0.25, 0.3) is 11.0 Å². The molecule has 1 unspecified atom stereocenters. The number of benzene rings is 1. The number of thioether (sulfide) groups is 1. The lowest BCUT2D eigenvalue weighted by molar-refractivity contribution is -0.118. The normalized spacial score (nSPS) is 19.9. The van der Waals surface area contributed by atoms with Crippen molar-refractivity contribution in [2.45, 2.75) is 11.7 Å². The van der Waals surface area contributed by atoms with Crippen LogP contribution in [0.4, 0.5) is 0 Å². The van der Waals surface area contributed by atoms with E-state index in [1.165, 1.54) is 11.8 Å². The number of H-pyrrole nitrogens is 1. The van der Waals surface area contributed by atoms with Crippen molar-refractivity contribution in [2.75, 3.05) is 0 Å². The molecule has 1 aromatic heterocycles. The predicted octanol–water partition coefficient (Wildman–Crippen LogP) is 1.27. The Morgan fingerprint density at radius 2 is 2.24 bits per heavy atom. The number of nitrogens with one attached hydrogen (secondary N) is 3. The quantitative estimate of drug-likeness (QED) is 0.746. The fourth-order valence-electron chi connectivity index (χ4n) is 1.83. The van der Waals surface area contributed by atoms with Crippen molar-refractivity contribution in [3.8, 4) is 0 Å². The van der Waals surface area contributed by atoms with Crippen molar-refractivity contribution < 1.29 is 4.79 Å².